The van der Waals surface area contributed by atoms with E-state index in [0.717, 1.165) is 45.4 Å². The van der Waals surface area contributed by atoms with Gasteiger partial charge in [-0.1, -0.05) is 11.6 Å². The molecule has 4 aliphatic rings. The largest absolute Gasteiger partial charge is 0.383 e. The summed E-state index contributed by atoms with van der Waals surface area (Å²) < 4.78 is 10.7. The highest BCUT2D eigenvalue weighted by molar-refractivity contribution is 5.36. The summed E-state index contributed by atoms with van der Waals surface area (Å²) in [4.78, 5) is 5.11. The van der Waals surface area contributed by atoms with Gasteiger partial charge in [0.1, 0.15) is 0 Å². The molecule has 2 aliphatic heterocycles. The highest BCUT2D eigenvalue weighted by Crippen LogP contribution is 2.63. The number of methoxy groups -OCH3 is 1. The van der Waals surface area contributed by atoms with Gasteiger partial charge in [-0.25, -0.2) is 0 Å². The summed E-state index contributed by atoms with van der Waals surface area (Å²) in [6.45, 7) is 8.39. The Bertz CT molecular complexity index is 481. The summed E-state index contributed by atoms with van der Waals surface area (Å²) in [5.41, 5.74) is 3.77. The molecule has 2 atom stereocenters. The van der Waals surface area contributed by atoms with Crippen LogP contribution in [0.2, 0.25) is 0 Å². The Morgan fingerprint density at radius 1 is 1.27 bits per heavy atom. The molecule has 3 fully saturated rings. The van der Waals surface area contributed by atoms with Crippen molar-refractivity contribution in [3.63, 3.8) is 0 Å². The second-order valence-corrected chi connectivity index (χ2v) is 7.23. The number of ether oxygens (including phenoxy) is 2. The Morgan fingerprint density at radius 2 is 2.14 bits per heavy atom. The van der Waals surface area contributed by atoms with Crippen LogP contribution >= 0.6 is 0 Å². The van der Waals surface area contributed by atoms with Crippen molar-refractivity contribution in [1.82, 2.24) is 9.80 Å². The SMILES string of the molecule is COCCN1C[C@@H]2C[C@]2(C2=CC=C(N3CCOCC3)CC2)C1. The fraction of sp³-hybridized carbons (Fsp3) is 0.778. The molecule has 0 spiro atoms. The quantitative estimate of drug-likeness (QED) is 0.774. The lowest BCUT2D eigenvalue weighted by Gasteiger charge is -2.33. The van der Waals surface area contributed by atoms with Crippen molar-refractivity contribution in [1.29, 1.82) is 0 Å². The van der Waals surface area contributed by atoms with Crippen LogP contribution in [0.25, 0.3) is 0 Å². The van der Waals surface area contributed by atoms with E-state index in [2.05, 4.69) is 22.0 Å². The third-order valence-corrected chi connectivity index (χ3v) is 6.01. The van der Waals surface area contributed by atoms with Gasteiger partial charge in [0.25, 0.3) is 0 Å². The second-order valence-electron chi connectivity index (χ2n) is 7.23. The molecule has 22 heavy (non-hydrogen) atoms. The number of morpholine rings is 1. The fourth-order valence-corrected chi connectivity index (χ4v) is 4.63. The van der Waals surface area contributed by atoms with Crippen LogP contribution in [0.1, 0.15) is 19.3 Å². The molecule has 0 N–H and O–H groups in total. The summed E-state index contributed by atoms with van der Waals surface area (Å²) in [6, 6.07) is 0. The van der Waals surface area contributed by atoms with E-state index < -0.39 is 0 Å². The zero-order valence-electron chi connectivity index (χ0n) is 13.7. The number of piperidine rings is 1. The van der Waals surface area contributed by atoms with Crippen molar-refractivity contribution in [2.45, 2.75) is 19.3 Å². The Kier molecular flexibility index (Phi) is 4.01. The topological polar surface area (TPSA) is 24.9 Å². The molecule has 0 bridgehead atoms. The van der Waals surface area contributed by atoms with Crippen molar-refractivity contribution >= 4 is 0 Å². The van der Waals surface area contributed by atoms with Crippen LogP contribution in [-0.4, -0.2) is 69.5 Å². The molecule has 2 heterocycles. The van der Waals surface area contributed by atoms with Gasteiger partial charge in [0.05, 0.1) is 19.8 Å². The first-order chi connectivity index (χ1) is 10.8. The molecular formula is C18H28N2O2. The van der Waals surface area contributed by atoms with E-state index in [4.69, 9.17) is 9.47 Å². The molecule has 0 aromatic heterocycles. The smallest absolute Gasteiger partial charge is 0.0642 e. The van der Waals surface area contributed by atoms with E-state index in [1.165, 1.54) is 38.0 Å². The van der Waals surface area contributed by atoms with Crippen LogP contribution in [0.4, 0.5) is 0 Å². The van der Waals surface area contributed by atoms with Gasteiger partial charge in [-0.3, -0.25) is 4.90 Å². The molecule has 0 unspecified atom stereocenters. The van der Waals surface area contributed by atoms with Crippen LogP contribution in [-0.2, 0) is 9.47 Å². The molecule has 4 rings (SSSR count). The standard InChI is InChI=1S/C18H28N2O2/c1-21-9-6-19-13-16-12-18(16,14-19)15-2-4-17(5-3-15)20-7-10-22-11-8-20/h2,4,16H,3,5-14H2,1H3/t16-,18+/m0/s1. The molecule has 0 aromatic rings. The minimum absolute atomic E-state index is 0.529. The predicted molar refractivity (Wildman–Crippen MR) is 86.6 cm³/mol. The molecule has 0 aromatic carbocycles. The van der Waals surface area contributed by atoms with Gasteiger partial charge in [-0.15, -0.1) is 0 Å². The number of hydrogen-bond acceptors (Lipinski definition) is 4. The van der Waals surface area contributed by atoms with Gasteiger partial charge in [0, 0.05) is 50.9 Å². The van der Waals surface area contributed by atoms with E-state index in [-0.39, 0.29) is 0 Å². The zero-order valence-corrected chi connectivity index (χ0v) is 13.7. The van der Waals surface area contributed by atoms with Crippen LogP contribution in [0.5, 0.6) is 0 Å². The Balaban J connectivity index is 1.40. The number of likely N-dealkylation sites (tertiary alicyclic amines) is 1. The number of allylic oxidation sites excluding steroid dienone is 3. The van der Waals surface area contributed by atoms with Crippen molar-refractivity contribution in [2.75, 3.05) is 59.7 Å². The maximum absolute atomic E-state index is 5.46. The first-order valence-corrected chi connectivity index (χ1v) is 8.76. The van der Waals surface area contributed by atoms with Crippen molar-refractivity contribution in [3.05, 3.63) is 23.4 Å². The van der Waals surface area contributed by atoms with E-state index >= 15 is 0 Å². The summed E-state index contributed by atoms with van der Waals surface area (Å²) in [5, 5.41) is 0. The minimum Gasteiger partial charge on any atom is -0.383 e. The van der Waals surface area contributed by atoms with Gasteiger partial charge in [-0.05, 0) is 31.3 Å². The van der Waals surface area contributed by atoms with Gasteiger partial charge in [-0.2, -0.15) is 0 Å². The van der Waals surface area contributed by atoms with Crippen molar-refractivity contribution in [3.8, 4) is 0 Å². The predicted octanol–water partition coefficient (Wildman–Crippen LogP) is 1.89. The summed E-state index contributed by atoms with van der Waals surface area (Å²) in [6.07, 6.45) is 8.75. The van der Waals surface area contributed by atoms with Crippen LogP contribution in [0, 0.1) is 11.3 Å². The van der Waals surface area contributed by atoms with E-state index in [1.54, 1.807) is 12.7 Å². The van der Waals surface area contributed by atoms with Crippen molar-refractivity contribution in [2.24, 2.45) is 11.3 Å². The summed E-state index contributed by atoms with van der Waals surface area (Å²) >= 11 is 0. The van der Waals surface area contributed by atoms with E-state index in [0.29, 0.717) is 5.41 Å². The molecule has 122 valence electrons. The van der Waals surface area contributed by atoms with E-state index in [9.17, 15) is 0 Å². The molecule has 2 saturated heterocycles. The number of fused-ring (bicyclic) bond motifs is 1. The maximum Gasteiger partial charge on any atom is 0.0642 e. The highest BCUT2D eigenvalue weighted by Gasteiger charge is 2.61. The average molecular weight is 304 g/mol. The van der Waals surface area contributed by atoms with Gasteiger partial charge < -0.3 is 14.4 Å². The normalized spacial score (nSPS) is 35.1. The van der Waals surface area contributed by atoms with Crippen LogP contribution < -0.4 is 0 Å². The molecular weight excluding hydrogens is 276 g/mol. The lowest BCUT2D eigenvalue weighted by Crippen LogP contribution is -2.36. The van der Waals surface area contributed by atoms with Crippen LogP contribution in [0.3, 0.4) is 0 Å². The first kappa shape index (κ1) is 14.7. The van der Waals surface area contributed by atoms with Crippen LogP contribution in [0.15, 0.2) is 23.4 Å². The second kappa shape index (κ2) is 5.99. The number of rotatable bonds is 5. The molecule has 2 aliphatic carbocycles. The average Bonchev–Trinajstić information content (AvgIpc) is 3.16. The Hall–Kier alpha value is -0.840. The fourth-order valence-electron chi connectivity index (χ4n) is 4.63. The number of hydrogen-bond donors (Lipinski definition) is 0. The molecule has 4 nitrogen and oxygen atoms in total. The summed E-state index contributed by atoms with van der Waals surface area (Å²) in [5.74, 6) is 0.911. The van der Waals surface area contributed by atoms with Gasteiger partial charge in [0.2, 0.25) is 0 Å². The molecule has 0 radical (unpaired) electrons. The zero-order chi connectivity index (χ0) is 15.0. The first-order valence-electron chi connectivity index (χ1n) is 8.76. The lowest BCUT2D eigenvalue weighted by atomic mass is 9.87. The van der Waals surface area contributed by atoms with Gasteiger partial charge >= 0.3 is 0 Å². The Labute approximate surface area is 133 Å². The maximum atomic E-state index is 5.46. The molecule has 0 amide bonds. The number of nitrogens with zero attached hydrogens (tertiary/aromatic N) is 2. The lowest BCUT2D eigenvalue weighted by molar-refractivity contribution is 0.0519. The van der Waals surface area contributed by atoms with E-state index in [1.807, 2.05) is 0 Å². The highest BCUT2D eigenvalue weighted by atomic mass is 16.5. The third kappa shape index (κ3) is 2.61. The van der Waals surface area contributed by atoms with Gasteiger partial charge in [0.15, 0.2) is 0 Å². The third-order valence-electron chi connectivity index (χ3n) is 6.01. The monoisotopic (exact) mass is 304 g/mol. The molecule has 1 saturated carbocycles. The van der Waals surface area contributed by atoms with Crippen molar-refractivity contribution < 1.29 is 9.47 Å². The minimum atomic E-state index is 0.529. The summed E-state index contributed by atoms with van der Waals surface area (Å²) in [7, 11) is 1.80. The Morgan fingerprint density at radius 3 is 2.86 bits per heavy atom. The molecule has 4 heteroatoms.